The molecule has 0 unspecified atom stereocenters. The Morgan fingerprint density at radius 3 is 2.74 bits per heavy atom. The van der Waals surface area contributed by atoms with E-state index in [-0.39, 0.29) is 11.9 Å². The van der Waals surface area contributed by atoms with Gasteiger partial charge in [0.15, 0.2) is 0 Å². The lowest BCUT2D eigenvalue weighted by Crippen LogP contribution is -2.45. The average Bonchev–Trinajstić information content (AvgIpc) is 2.80. The number of carbonyl (C=O) groups excluding carboxylic acids is 1. The highest BCUT2D eigenvalue weighted by Gasteiger charge is 2.35. The number of carbonyl (C=O) groups is 1. The molecule has 2 N–H and O–H groups in total. The summed E-state index contributed by atoms with van der Waals surface area (Å²) in [5, 5.41) is 0. The molecule has 1 heterocycles. The molecule has 2 rings (SSSR count). The first kappa shape index (κ1) is 14.1. The summed E-state index contributed by atoms with van der Waals surface area (Å²) >= 11 is 0. The predicted octanol–water partition coefficient (Wildman–Crippen LogP) is 2.20. The van der Waals surface area contributed by atoms with Crippen molar-refractivity contribution in [3.05, 3.63) is 35.9 Å². The normalized spacial score (nSPS) is 24.5. The zero-order valence-electron chi connectivity index (χ0n) is 11.9. The first-order valence-corrected chi connectivity index (χ1v) is 7.23. The molecule has 0 spiro atoms. The first-order valence-electron chi connectivity index (χ1n) is 7.23. The van der Waals surface area contributed by atoms with Gasteiger partial charge in [-0.3, -0.25) is 4.79 Å². The minimum atomic E-state index is -0.335. The number of amides is 1. The predicted molar refractivity (Wildman–Crippen MR) is 77.7 cm³/mol. The SMILES string of the molecule is CC[C@H](N)C(=O)N1CC[C@H](Cc2ccccc2)[C@H]1C. The van der Waals surface area contributed by atoms with Crippen molar-refractivity contribution in [1.82, 2.24) is 4.90 Å². The van der Waals surface area contributed by atoms with Gasteiger partial charge in [0.05, 0.1) is 6.04 Å². The molecule has 1 aromatic rings. The maximum atomic E-state index is 12.2. The fraction of sp³-hybridized carbons (Fsp3) is 0.562. The monoisotopic (exact) mass is 260 g/mol. The van der Waals surface area contributed by atoms with Crippen LogP contribution in [0.1, 0.15) is 32.3 Å². The molecule has 0 aliphatic carbocycles. The second-order valence-corrected chi connectivity index (χ2v) is 5.53. The maximum Gasteiger partial charge on any atom is 0.239 e. The molecule has 3 nitrogen and oxygen atoms in total. The molecular weight excluding hydrogens is 236 g/mol. The van der Waals surface area contributed by atoms with E-state index < -0.39 is 0 Å². The van der Waals surface area contributed by atoms with E-state index in [2.05, 4.69) is 31.2 Å². The fourth-order valence-corrected chi connectivity index (χ4v) is 2.89. The summed E-state index contributed by atoms with van der Waals surface area (Å²) in [4.78, 5) is 14.2. The summed E-state index contributed by atoms with van der Waals surface area (Å²) in [5.41, 5.74) is 7.22. The Hall–Kier alpha value is -1.35. The van der Waals surface area contributed by atoms with Crippen LogP contribution in [0, 0.1) is 5.92 Å². The van der Waals surface area contributed by atoms with Gasteiger partial charge >= 0.3 is 0 Å². The van der Waals surface area contributed by atoms with Crippen LogP contribution in [0.3, 0.4) is 0 Å². The number of hydrogen-bond donors (Lipinski definition) is 1. The van der Waals surface area contributed by atoms with E-state index in [4.69, 9.17) is 5.73 Å². The van der Waals surface area contributed by atoms with Crippen LogP contribution in [0.2, 0.25) is 0 Å². The van der Waals surface area contributed by atoms with Crippen molar-refractivity contribution in [2.24, 2.45) is 11.7 Å². The summed E-state index contributed by atoms with van der Waals surface area (Å²) in [7, 11) is 0. The third-order valence-electron chi connectivity index (χ3n) is 4.30. The van der Waals surface area contributed by atoms with Crippen LogP contribution in [0.4, 0.5) is 0 Å². The Morgan fingerprint density at radius 1 is 1.42 bits per heavy atom. The number of nitrogens with zero attached hydrogens (tertiary/aromatic N) is 1. The molecule has 3 heteroatoms. The van der Waals surface area contributed by atoms with Crippen LogP contribution in [-0.2, 0) is 11.2 Å². The van der Waals surface area contributed by atoms with Crippen molar-refractivity contribution in [1.29, 1.82) is 0 Å². The quantitative estimate of drug-likeness (QED) is 0.902. The van der Waals surface area contributed by atoms with Gasteiger partial charge in [0.2, 0.25) is 5.91 Å². The molecule has 0 saturated carbocycles. The molecule has 104 valence electrons. The molecule has 19 heavy (non-hydrogen) atoms. The topological polar surface area (TPSA) is 46.3 Å². The molecule has 1 aliphatic rings. The van der Waals surface area contributed by atoms with Crippen LogP contribution >= 0.6 is 0 Å². The Bertz CT molecular complexity index is 418. The van der Waals surface area contributed by atoms with Gasteiger partial charge in [0.25, 0.3) is 0 Å². The van der Waals surface area contributed by atoms with Crippen LogP contribution in [0.5, 0.6) is 0 Å². The zero-order chi connectivity index (χ0) is 13.8. The maximum absolute atomic E-state index is 12.2. The Kier molecular flexibility index (Phi) is 4.59. The second-order valence-electron chi connectivity index (χ2n) is 5.53. The molecule has 1 saturated heterocycles. The smallest absolute Gasteiger partial charge is 0.239 e. The molecule has 0 bridgehead atoms. The highest BCUT2D eigenvalue weighted by atomic mass is 16.2. The Morgan fingerprint density at radius 2 is 2.11 bits per heavy atom. The molecule has 0 radical (unpaired) electrons. The number of rotatable bonds is 4. The summed E-state index contributed by atoms with van der Waals surface area (Å²) < 4.78 is 0. The van der Waals surface area contributed by atoms with Crippen LogP contribution in [-0.4, -0.2) is 29.4 Å². The number of nitrogens with two attached hydrogens (primary N) is 1. The third-order valence-corrected chi connectivity index (χ3v) is 4.30. The lowest BCUT2D eigenvalue weighted by Gasteiger charge is -2.27. The van der Waals surface area contributed by atoms with Crippen LogP contribution in [0.25, 0.3) is 0 Å². The molecular formula is C16H24N2O. The molecule has 1 fully saturated rings. The van der Waals surface area contributed by atoms with Gasteiger partial charge < -0.3 is 10.6 Å². The number of hydrogen-bond acceptors (Lipinski definition) is 2. The van der Waals surface area contributed by atoms with E-state index in [0.717, 1.165) is 19.4 Å². The number of benzene rings is 1. The van der Waals surface area contributed by atoms with E-state index in [0.29, 0.717) is 18.4 Å². The minimum Gasteiger partial charge on any atom is -0.338 e. The average molecular weight is 260 g/mol. The van der Waals surface area contributed by atoms with Crippen LogP contribution in [0.15, 0.2) is 30.3 Å². The Labute approximate surface area is 115 Å². The molecule has 1 amide bonds. The largest absolute Gasteiger partial charge is 0.338 e. The van der Waals surface area contributed by atoms with Crippen molar-refractivity contribution >= 4 is 5.91 Å². The van der Waals surface area contributed by atoms with E-state index >= 15 is 0 Å². The lowest BCUT2D eigenvalue weighted by atomic mass is 9.93. The van der Waals surface area contributed by atoms with Crippen molar-refractivity contribution in [3.8, 4) is 0 Å². The van der Waals surface area contributed by atoms with Crippen LogP contribution < -0.4 is 5.73 Å². The molecule has 0 aromatic heterocycles. The van der Waals surface area contributed by atoms with E-state index in [1.54, 1.807) is 0 Å². The van der Waals surface area contributed by atoms with E-state index in [1.807, 2.05) is 17.9 Å². The van der Waals surface area contributed by atoms with Gasteiger partial charge in [0, 0.05) is 12.6 Å². The zero-order valence-corrected chi connectivity index (χ0v) is 11.9. The van der Waals surface area contributed by atoms with Crippen molar-refractivity contribution < 1.29 is 4.79 Å². The summed E-state index contributed by atoms with van der Waals surface area (Å²) in [6.45, 7) is 4.97. The van der Waals surface area contributed by atoms with Crippen molar-refractivity contribution in [2.45, 2.75) is 45.2 Å². The minimum absolute atomic E-state index is 0.116. The Balaban J connectivity index is 1.98. The first-order chi connectivity index (χ1) is 9.13. The summed E-state index contributed by atoms with van der Waals surface area (Å²) in [5.74, 6) is 0.668. The highest BCUT2D eigenvalue weighted by Crippen LogP contribution is 2.28. The van der Waals surface area contributed by atoms with Gasteiger partial charge in [-0.1, -0.05) is 37.3 Å². The highest BCUT2D eigenvalue weighted by molar-refractivity contribution is 5.82. The molecule has 1 aliphatic heterocycles. The second kappa shape index (κ2) is 6.20. The third kappa shape index (κ3) is 3.16. The van der Waals surface area contributed by atoms with Crippen molar-refractivity contribution in [3.63, 3.8) is 0 Å². The van der Waals surface area contributed by atoms with Gasteiger partial charge in [0.1, 0.15) is 0 Å². The molecule has 1 aromatic carbocycles. The van der Waals surface area contributed by atoms with Gasteiger partial charge in [-0.25, -0.2) is 0 Å². The van der Waals surface area contributed by atoms with Crippen molar-refractivity contribution in [2.75, 3.05) is 6.54 Å². The van der Waals surface area contributed by atoms with Gasteiger partial charge in [-0.2, -0.15) is 0 Å². The van der Waals surface area contributed by atoms with Gasteiger partial charge in [-0.15, -0.1) is 0 Å². The fourth-order valence-electron chi connectivity index (χ4n) is 2.89. The molecule has 3 atom stereocenters. The van der Waals surface area contributed by atoms with Gasteiger partial charge in [-0.05, 0) is 37.7 Å². The standard InChI is InChI=1S/C16H24N2O/c1-3-15(17)16(19)18-10-9-14(12(18)2)11-13-7-5-4-6-8-13/h4-8,12,14-15H,3,9-11,17H2,1-2H3/t12-,14-,15+/m1/s1. The van der Waals surface area contributed by atoms with E-state index in [9.17, 15) is 4.79 Å². The summed E-state index contributed by atoms with van der Waals surface area (Å²) in [6.07, 6.45) is 2.84. The number of likely N-dealkylation sites (tertiary alicyclic amines) is 1. The summed E-state index contributed by atoms with van der Waals surface area (Å²) in [6, 6.07) is 10.5. The lowest BCUT2D eigenvalue weighted by molar-refractivity contribution is -0.133. The van der Waals surface area contributed by atoms with E-state index in [1.165, 1.54) is 5.56 Å².